The molecule has 8 heteroatoms. The van der Waals surface area contributed by atoms with Gasteiger partial charge in [-0.05, 0) is 18.6 Å². The fourth-order valence-corrected chi connectivity index (χ4v) is 3.43. The number of aromatic amines is 1. The Labute approximate surface area is 142 Å². The lowest BCUT2D eigenvalue weighted by atomic mass is 10.0. The maximum absolute atomic E-state index is 13.1. The maximum atomic E-state index is 13.1. The van der Waals surface area contributed by atoms with E-state index in [2.05, 4.69) is 9.97 Å². The number of hydrogen-bond acceptors (Lipinski definition) is 6. The van der Waals surface area contributed by atoms with Gasteiger partial charge in [0.15, 0.2) is 10.9 Å². The molecule has 0 spiro atoms. The van der Waals surface area contributed by atoms with Crippen LogP contribution in [0.4, 0.5) is 10.2 Å². The third kappa shape index (κ3) is 3.95. The third-order valence-corrected chi connectivity index (χ3v) is 4.63. The van der Waals surface area contributed by atoms with Crippen molar-refractivity contribution < 1.29 is 13.9 Å². The SMILES string of the molecule is Nc1cc(=O)[nH]c(SCCCC2(c3ccc(F)cc3)OCCO2)n1. The zero-order valence-corrected chi connectivity index (χ0v) is 13.8. The number of nitrogen functional groups attached to an aromatic ring is 1. The van der Waals surface area contributed by atoms with Crippen LogP contribution in [0, 0.1) is 5.82 Å². The lowest BCUT2D eigenvalue weighted by Gasteiger charge is -2.27. The molecule has 1 fully saturated rings. The van der Waals surface area contributed by atoms with Gasteiger partial charge in [0.05, 0.1) is 13.2 Å². The van der Waals surface area contributed by atoms with Gasteiger partial charge in [-0.1, -0.05) is 23.9 Å². The van der Waals surface area contributed by atoms with Crippen LogP contribution in [0.5, 0.6) is 0 Å². The van der Waals surface area contributed by atoms with Crippen LogP contribution in [-0.2, 0) is 15.3 Å². The molecule has 24 heavy (non-hydrogen) atoms. The van der Waals surface area contributed by atoms with Crippen molar-refractivity contribution in [2.24, 2.45) is 0 Å². The molecule has 0 aliphatic carbocycles. The second-order valence-electron chi connectivity index (χ2n) is 5.38. The molecule has 128 valence electrons. The number of aromatic nitrogens is 2. The summed E-state index contributed by atoms with van der Waals surface area (Å²) < 4.78 is 24.7. The summed E-state index contributed by atoms with van der Waals surface area (Å²) in [6.07, 6.45) is 1.39. The van der Waals surface area contributed by atoms with Crippen LogP contribution < -0.4 is 11.3 Å². The molecule has 1 aromatic heterocycles. The van der Waals surface area contributed by atoms with Gasteiger partial charge in [0.1, 0.15) is 11.6 Å². The van der Waals surface area contributed by atoms with Gasteiger partial charge in [-0.15, -0.1) is 0 Å². The van der Waals surface area contributed by atoms with Gasteiger partial charge in [-0.2, -0.15) is 0 Å². The van der Waals surface area contributed by atoms with E-state index in [4.69, 9.17) is 15.2 Å². The molecule has 1 saturated heterocycles. The average Bonchev–Trinajstić information content (AvgIpc) is 3.01. The van der Waals surface area contributed by atoms with Crippen LogP contribution in [0.25, 0.3) is 0 Å². The normalized spacial score (nSPS) is 16.4. The fourth-order valence-electron chi connectivity index (χ4n) is 2.61. The Hall–Kier alpha value is -1.90. The van der Waals surface area contributed by atoms with E-state index in [0.717, 1.165) is 12.0 Å². The van der Waals surface area contributed by atoms with E-state index < -0.39 is 5.79 Å². The predicted molar refractivity (Wildman–Crippen MR) is 89.2 cm³/mol. The van der Waals surface area contributed by atoms with E-state index in [1.165, 1.54) is 30.0 Å². The first-order valence-corrected chi connectivity index (χ1v) is 8.60. The summed E-state index contributed by atoms with van der Waals surface area (Å²) in [5, 5.41) is 0.490. The Morgan fingerprint density at radius 2 is 2.00 bits per heavy atom. The quantitative estimate of drug-likeness (QED) is 0.471. The second-order valence-corrected chi connectivity index (χ2v) is 6.47. The Morgan fingerprint density at radius 1 is 1.29 bits per heavy atom. The summed E-state index contributed by atoms with van der Waals surface area (Å²) in [7, 11) is 0. The predicted octanol–water partition coefficient (Wildman–Crippen LogP) is 2.26. The van der Waals surface area contributed by atoms with E-state index in [1.54, 1.807) is 12.1 Å². The number of nitrogens with two attached hydrogens (primary N) is 1. The fraction of sp³-hybridized carbons (Fsp3) is 0.375. The Morgan fingerprint density at radius 3 is 2.67 bits per heavy atom. The number of nitrogens with one attached hydrogen (secondary N) is 1. The minimum Gasteiger partial charge on any atom is -0.383 e. The molecular formula is C16H18FN3O3S. The summed E-state index contributed by atoms with van der Waals surface area (Å²) >= 11 is 1.41. The monoisotopic (exact) mass is 351 g/mol. The lowest BCUT2D eigenvalue weighted by molar-refractivity contribution is -0.170. The highest BCUT2D eigenvalue weighted by Gasteiger charge is 2.37. The largest absolute Gasteiger partial charge is 0.383 e. The van der Waals surface area contributed by atoms with Gasteiger partial charge in [-0.25, -0.2) is 9.37 Å². The highest BCUT2D eigenvalue weighted by atomic mass is 32.2. The van der Waals surface area contributed by atoms with Crippen molar-refractivity contribution in [2.75, 3.05) is 24.7 Å². The highest BCUT2D eigenvalue weighted by Crippen LogP contribution is 2.36. The number of H-pyrrole nitrogens is 1. The molecule has 0 radical (unpaired) electrons. The minimum absolute atomic E-state index is 0.200. The minimum atomic E-state index is -0.829. The number of anilines is 1. The second kappa shape index (κ2) is 7.33. The topological polar surface area (TPSA) is 90.2 Å². The van der Waals surface area contributed by atoms with Gasteiger partial charge < -0.3 is 20.2 Å². The molecule has 1 aromatic carbocycles. The van der Waals surface area contributed by atoms with Crippen molar-refractivity contribution in [3.63, 3.8) is 0 Å². The van der Waals surface area contributed by atoms with Crippen LogP contribution in [0.3, 0.4) is 0 Å². The van der Waals surface area contributed by atoms with Crippen LogP contribution in [0.2, 0.25) is 0 Å². The molecule has 3 rings (SSSR count). The lowest BCUT2D eigenvalue weighted by Crippen LogP contribution is -2.27. The van der Waals surface area contributed by atoms with Crippen molar-refractivity contribution in [1.29, 1.82) is 0 Å². The Balaban J connectivity index is 1.61. The number of hydrogen-bond donors (Lipinski definition) is 2. The van der Waals surface area contributed by atoms with E-state index in [9.17, 15) is 9.18 Å². The standard InChI is InChI=1S/C16H18FN3O3S/c17-12-4-2-11(3-5-12)16(22-7-8-23-16)6-1-9-24-15-19-13(18)10-14(21)20-15/h2-5,10H,1,6-9H2,(H3,18,19,20,21). The zero-order chi connectivity index (χ0) is 17.0. The summed E-state index contributed by atoms with van der Waals surface area (Å²) in [6, 6.07) is 7.42. The molecular weight excluding hydrogens is 333 g/mol. The smallest absolute Gasteiger partial charge is 0.253 e. The number of rotatable bonds is 6. The van der Waals surface area contributed by atoms with Crippen LogP contribution >= 0.6 is 11.8 Å². The molecule has 1 aliphatic rings. The van der Waals surface area contributed by atoms with Crippen molar-refractivity contribution in [3.8, 4) is 0 Å². The summed E-state index contributed by atoms with van der Waals surface area (Å²) in [5.74, 6) is -0.210. The van der Waals surface area contributed by atoms with Crippen molar-refractivity contribution >= 4 is 17.6 Å². The van der Waals surface area contributed by atoms with Gasteiger partial charge in [-0.3, -0.25) is 4.79 Å². The highest BCUT2D eigenvalue weighted by molar-refractivity contribution is 7.99. The van der Waals surface area contributed by atoms with Gasteiger partial charge in [0.25, 0.3) is 5.56 Å². The summed E-state index contributed by atoms with van der Waals surface area (Å²) in [5.41, 5.74) is 6.10. The van der Waals surface area contributed by atoms with Crippen molar-refractivity contribution in [2.45, 2.75) is 23.8 Å². The first kappa shape index (κ1) is 16.9. The number of halogens is 1. The number of benzene rings is 1. The molecule has 0 saturated carbocycles. The summed E-state index contributed by atoms with van der Waals surface area (Å²) in [6.45, 7) is 1.02. The van der Waals surface area contributed by atoms with Gasteiger partial charge >= 0.3 is 0 Å². The first-order valence-electron chi connectivity index (χ1n) is 7.61. The molecule has 2 heterocycles. The van der Waals surface area contributed by atoms with E-state index in [0.29, 0.717) is 30.5 Å². The van der Waals surface area contributed by atoms with Gasteiger partial charge in [0.2, 0.25) is 0 Å². The van der Waals surface area contributed by atoms with Crippen molar-refractivity contribution in [3.05, 3.63) is 52.1 Å². The van der Waals surface area contributed by atoms with Gasteiger partial charge in [0, 0.05) is 23.8 Å². The first-order chi connectivity index (χ1) is 11.6. The Kier molecular flexibility index (Phi) is 5.17. The Bertz CT molecular complexity index is 745. The molecule has 2 aromatic rings. The van der Waals surface area contributed by atoms with E-state index in [-0.39, 0.29) is 17.2 Å². The summed E-state index contributed by atoms with van der Waals surface area (Å²) in [4.78, 5) is 18.1. The molecule has 0 atom stereocenters. The molecule has 6 nitrogen and oxygen atoms in total. The average molecular weight is 351 g/mol. The van der Waals surface area contributed by atoms with E-state index >= 15 is 0 Å². The molecule has 1 aliphatic heterocycles. The molecule has 0 amide bonds. The number of nitrogens with zero attached hydrogens (tertiary/aromatic N) is 1. The van der Waals surface area contributed by atoms with E-state index in [1.807, 2.05) is 0 Å². The number of thioether (sulfide) groups is 1. The van der Waals surface area contributed by atoms with Crippen LogP contribution in [0.1, 0.15) is 18.4 Å². The molecule has 3 N–H and O–H groups in total. The molecule has 0 unspecified atom stereocenters. The molecule has 0 bridgehead atoms. The van der Waals surface area contributed by atoms with Crippen LogP contribution in [-0.4, -0.2) is 28.9 Å². The zero-order valence-electron chi connectivity index (χ0n) is 13.0. The maximum Gasteiger partial charge on any atom is 0.253 e. The van der Waals surface area contributed by atoms with Crippen LogP contribution in [0.15, 0.2) is 40.3 Å². The van der Waals surface area contributed by atoms with Crippen molar-refractivity contribution in [1.82, 2.24) is 9.97 Å². The number of ether oxygens (including phenoxy) is 2. The third-order valence-electron chi connectivity index (χ3n) is 3.67.